The first kappa shape index (κ1) is 92.0. The van der Waals surface area contributed by atoms with Gasteiger partial charge in [0.2, 0.25) is 0 Å². The van der Waals surface area contributed by atoms with E-state index in [0.717, 1.165) is 150 Å². The standard InChI is InChI=1S/C19H25N3OS.C13H15ClO2.C12H13NO.C12H14O3.C8H7N.C6H13N3S.C4H8Br2O.CH4.K.Na.H2O.H/c1-21-9-11-22(12-10-21)18-20-17(15-24-18)19(7-13-23-14-8-19)16-5-3-2-4-6-16;14-10-12(15)13(6-8-16-9-7-13)11-4-2-1-3-5-11;13-10-12(6-8-14-9-7-12)11-4-2-1-3-5-11;13-11(14)12(6-8-15-9-7-12)10-4-2-1-3-5-10;9-7-6-8-4-2-1-3-5-8;1-8-2-4-9(5-3-8)6(7)10;5-1-3-7-4-2-6;;;;;/h2-6,15H,7-14H2,1H3;1-5H,6-10H2;1-5H,6-9H2;1-5H,6-9H2,(H,13,14);1-5H,6H2;2-5H2,1H3,(H2,7,10);1-4H2;1H4;;;1H2;/q;;;;;;;;2*+1;;-1/p-1. The smallest absolute Gasteiger partial charge is 1.00 e. The molecule has 6 aliphatic rings. The van der Waals surface area contributed by atoms with Crippen LogP contribution in [0.4, 0.5) is 5.13 Å². The molecule has 6 saturated heterocycles. The Bertz CT molecular complexity index is 3210. The van der Waals surface area contributed by atoms with E-state index in [2.05, 4.69) is 109 Å². The summed E-state index contributed by atoms with van der Waals surface area (Å²) in [4.78, 5) is 37.8. The molecule has 0 spiro atoms. The fraction of sp³-hybridized carbons (Fsp3) is 0.493. The molecule has 0 aliphatic carbocycles. The van der Waals surface area contributed by atoms with E-state index in [4.69, 9.17) is 63.5 Å². The summed E-state index contributed by atoms with van der Waals surface area (Å²) in [5.74, 6) is -0.546. The van der Waals surface area contributed by atoms with Crippen LogP contribution in [0, 0.1) is 22.7 Å². The number of nitriles is 2. The Kier molecular flexibility index (Phi) is 47.5. The number of carboxylic acids is 1. The number of thiocarbonyl (C=S) groups is 1. The number of alkyl halides is 3. The van der Waals surface area contributed by atoms with Gasteiger partial charge in [0.1, 0.15) is 0 Å². The molecule has 0 atom stereocenters. The summed E-state index contributed by atoms with van der Waals surface area (Å²) in [5.41, 5.74) is 10.8. The van der Waals surface area contributed by atoms with E-state index in [1.165, 1.54) is 16.4 Å². The molecule has 12 rings (SSSR count). The van der Waals surface area contributed by atoms with Crippen LogP contribution in [0.3, 0.4) is 0 Å². The molecule has 7 heterocycles. The number of ether oxygens (including phenoxy) is 5. The van der Waals surface area contributed by atoms with Gasteiger partial charge in [-0.3, -0.25) is 9.59 Å². The van der Waals surface area contributed by atoms with Crippen molar-refractivity contribution in [2.75, 3.05) is 154 Å². The van der Waals surface area contributed by atoms with Crippen molar-refractivity contribution in [3.05, 3.63) is 191 Å². The number of Topliss-reactive ketones (excluding diaryl/α,β-unsaturated/α-hetero) is 1. The Balaban J connectivity index is 0.000000597. The van der Waals surface area contributed by atoms with Gasteiger partial charge in [-0.2, -0.15) is 10.5 Å². The fourth-order valence-corrected chi connectivity index (χ4v) is 14.0. The molecule has 17 nitrogen and oxygen atoms in total. The SMILES string of the molecule is BrCCOCCBr.C.CN1CCN(C(N)=S)CC1.CN1CCN(c2nc(C3(c4ccccc4)CCOCC3)cs2)CC1.N#CC1(c2ccccc2)CCOCC1.N#CCc1ccccc1.O=C(CCl)C1(c2ccccc2)CCOCC1.O=C(O)C1(c2ccccc2)CCOCC1.[H-].[K+].[Na+].[OH-]. The number of aliphatic carboxylic acids is 1. The van der Waals surface area contributed by atoms with Crippen molar-refractivity contribution >= 4 is 89.0 Å². The molecule has 5 aromatic carbocycles. The maximum Gasteiger partial charge on any atom is 1.00 e. The first-order valence-electron chi connectivity index (χ1n) is 32.8. The van der Waals surface area contributed by atoms with Crippen LogP contribution in [0.5, 0.6) is 0 Å². The Morgan fingerprint density at radius 3 is 1.41 bits per heavy atom. The van der Waals surface area contributed by atoms with E-state index < -0.39 is 16.8 Å². The summed E-state index contributed by atoms with van der Waals surface area (Å²) < 4.78 is 26.6. The van der Waals surface area contributed by atoms with Gasteiger partial charge in [0.15, 0.2) is 16.0 Å². The van der Waals surface area contributed by atoms with Crippen molar-refractivity contribution < 1.29 is 126 Å². The number of carbonyl (C=O) groups excluding carboxylic acids is 1. The monoisotopic (exact) mass is 1580 g/mol. The van der Waals surface area contributed by atoms with Crippen LogP contribution in [0.1, 0.15) is 93.7 Å². The van der Waals surface area contributed by atoms with E-state index in [1.807, 2.05) is 126 Å². The van der Waals surface area contributed by atoms with Crippen LogP contribution in [0.25, 0.3) is 0 Å². The molecule has 530 valence electrons. The van der Waals surface area contributed by atoms with Gasteiger partial charge in [0.05, 0.1) is 59.6 Å². The summed E-state index contributed by atoms with van der Waals surface area (Å²) in [6.07, 6.45) is 6.78. The Hall–Kier alpha value is -3.09. The number of piperazine rings is 2. The third-order valence-electron chi connectivity index (χ3n) is 18.1. The second-order valence-electron chi connectivity index (χ2n) is 24.0. The predicted octanol–water partition coefficient (Wildman–Crippen LogP) is 7.21. The molecular weight excluding hydrogens is 1480 g/mol. The summed E-state index contributed by atoms with van der Waals surface area (Å²) >= 11 is 18.9. The second kappa shape index (κ2) is 51.2. The molecule has 99 heavy (non-hydrogen) atoms. The molecule has 0 amide bonds. The van der Waals surface area contributed by atoms with Crippen molar-refractivity contribution in [3.63, 3.8) is 0 Å². The van der Waals surface area contributed by atoms with Crippen molar-refractivity contribution in [2.45, 2.75) is 86.9 Å². The van der Waals surface area contributed by atoms with Crippen molar-refractivity contribution in [1.29, 1.82) is 10.5 Å². The number of ketones is 1. The third-order valence-corrected chi connectivity index (χ3v) is 20.2. The number of anilines is 1. The summed E-state index contributed by atoms with van der Waals surface area (Å²) in [6.45, 7) is 15.5. The van der Waals surface area contributed by atoms with Crippen molar-refractivity contribution in [1.82, 2.24) is 19.7 Å². The average molecular weight is 1580 g/mol. The minimum Gasteiger partial charge on any atom is -1.00 e. The summed E-state index contributed by atoms with van der Waals surface area (Å²) in [7, 11) is 4.30. The van der Waals surface area contributed by atoms with E-state index in [9.17, 15) is 20.0 Å². The number of halogens is 3. The molecule has 0 unspecified atom stereocenters. The molecule has 6 aliphatic heterocycles. The number of carbonyl (C=O) groups is 2. The Morgan fingerprint density at radius 1 is 0.626 bits per heavy atom. The molecule has 0 radical (unpaired) electrons. The maximum atomic E-state index is 12.1. The van der Waals surface area contributed by atoms with Crippen molar-refractivity contribution in [2.24, 2.45) is 5.73 Å². The first-order valence-corrected chi connectivity index (χ1v) is 36.8. The number of aromatic nitrogens is 1. The minimum atomic E-state index is -0.739. The van der Waals surface area contributed by atoms with E-state index >= 15 is 0 Å². The average Bonchev–Trinajstić information content (AvgIpc) is 1.48. The van der Waals surface area contributed by atoms with Crippen LogP contribution in [0.15, 0.2) is 157 Å². The number of likely N-dealkylation sites (N-methyl/N-ethyl adjacent to an activating group) is 2. The number of hydrogen-bond donors (Lipinski definition) is 2. The number of nitrogens with zero attached hydrogens (tertiary/aromatic N) is 7. The van der Waals surface area contributed by atoms with Gasteiger partial charge < -0.3 is 61.0 Å². The largest absolute Gasteiger partial charge is 1.00 e. The topological polar surface area (TPSA) is 230 Å². The zero-order valence-corrected chi connectivity index (χ0v) is 68.3. The van der Waals surface area contributed by atoms with Gasteiger partial charge in [0.25, 0.3) is 0 Å². The summed E-state index contributed by atoms with van der Waals surface area (Å²) in [6, 6.07) is 54.5. The van der Waals surface area contributed by atoms with Gasteiger partial charge in [0, 0.05) is 127 Å². The zero-order chi connectivity index (χ0) is 68.0. The molecular formula is C75H101Br2ClKN8NaO9S2. The number of hydrogen-bond acceptors (Lipinski definition) is 16. The Morgan fingerprint density at radius 2 is 1.01 bits per heavy atom. The second-order valence-corrected chi connectivity index (χ2v) is 27.1. The molecule has 1 aromatic heterocycles. The predicted molar refractivity (Wildman–Crippen MR) is 402 cm³/mol. The van der Waals surface area contributed by atoms with Crippen molar-refractivity contribution in [3.8, 4) is 12.1 Å². The minimum absolute atomic E-state index is 0. The molecule has 0 bridgehead atoms. The van der Waals surface area contributed by atoms with Crippen LogP contribution in [0.2, 0.25) is 0 Å². The normalized spacial score (nSPS) is 17.8. The number of nitrogens with two attached hydrogens (primary N) is 1. The van der Waals surface area contributed by atoms with Gasteiger partial charge >= 0.3 is 86.9 Å². The van der Waals surface area contributed by atoms with Crippen LogP contribution < -0.4 is 91.6 Å². The van der Waals surface area contributed by atoms with E-state index in [1.54, 1.807) is 11.3 Å². The fourth-order valence-electron chi connectivity index (χ4n) is 12.1. The zero-order valence-electron chi connectivity index (χ0n) is 58.6. The molecule has 6 fully saturated rings. The molecule has 6 aromatic rings. The molecule has 4 N–H and O–H groups in total. The number of thiazole rings is 1. The first-order chi connectivity index (χ1) is 46.2. The van der Waals surface area contributed by atoms with Gasteiger partial charge in [-0.1, -0.05) is 191 Å². The third kappa shape index (κ3) is 29.1. The quantitative estimate of drug-likeness (QED) is 0.0475. The van der Waals surface area contributed by atoms with Gasteiger partial charge in [-0.25, -0.2) is 4.98 Å². The summed E-state index contributed by atoms with van der Waals surface area (Å²) in [5, 5.41) is 32.8. The number of benzene rings is 5. The Labute approximate surface area is 686 Å². The van der Waals surface area contributed by atoms with Gasteiger partial charge in [-0.05, 0) is 105 Å². The van der Waals surface area contributed by atoms with Gasteiger partial charge in [-0.15, -0.1) is 22.9 Å². The number of rotatable bonds is 14. The van der Waals surface area contributed by atoms with Crippen LogP contribution in [-0.4, -0.2) is 196 Å². The van der Waals surface area contributed by atoms with E-state index in [0.29, 0.717) is 64.0 Å². The van der Waals surface area contributed by atoms with Crippen LogP contribution >= 0.6 is 67.0 Å². The van der Waals surface area contributed by atoms with E-state index in [-0.39, 0.29) is 118 Å². The van der Waals surface area contributed by atoms with Crippen LogP contribution in [-0.2, 0) is 61.4 Å². The molecule has 0 saturated carbocycles. The molecule has 24 heteroatoms. The number of carboxylic acid groups (broad SMARTS) is 1. The maximum absolute atomic E-state index is 12.1.